The molecule has 3 heterocycles. The Morgan fingerprint density at radius 1 is 1.13 bits per heavy atom. The van der Waals surface area contributed by atoms with Crippen LogP contribution < -0.4 is 4.74 Å². The lowest BCUT2D eigenvalue weighted by Crippen LogP contribution is -2.35. The van der Waals surface area contributed by atoms with Gasteiger partial charge in [-0.05, 0) is 54.3 Å². The number of nitrogens with zero attached hydrogens (tertiary/aromatic N) is 1. The maximum absolute atomic E-state index is 9.35. The Morgan fingerprint density at radius 2 is 1.97 bits per heavy atom. The number of ether oxygens (including phenoxy) is 1. The van der Waals surface area contributed by atoms with Crippen molar-refractivity contribution in [3.8, 4) is 5.75 Å². The number of aromatic amines is 1. The number of benzene rings is 2. The van der Waals surface area contributed by atoms with Crippen LogP contribution in [0.25, 0.3) is 10.9 Å². The molecule has 0 bridgehead atoms. The van der Waals surface area contributed by atoms with Crippen molar-refractivity contribution < 1.29 is 14.3 Å². The SMILES string of the molecule is COc1ccc([C@H]2c3[nH]c4ccccc4c3CCN2Cc2ccc(CO)o2)cc1C. The predicted molar refractivity (Wildman–Crippen MR) is 117 cm³/mol. The van der Waals surface area contributed by atoms with Crippen LogP contribution >= 0.6 is 0 Å². The zero-order chi connectivity index (χ0) is 20.7. The van der Waals surface area contributed by atoms with E-state index in [0.29, 0.717) is 12.3 Å². The molecule has 30 heavy (non-hydrogen) atoms. The fourth-order valence-corrected chi connectivity index (χ4v) is 4.70. The smallest absolute Gasteiger partial charge is 0.129 e. The number of nitrogens with one attached hydrogen (secondary N) is 1. The maximum atomic E-state index is 9.35. The van der Waals surface area contributed by atoms with Gasteiger partial charge in [0.1, 0.15) is 23.9 Å². The lowest BCUT2D eigenvalue weighted by Gasteiger charge is -2.36. The minimum absolute atomic E-state index is 0.0761. The minimum atomic E-state index is -0.0761. The van der Waals surface area contributed by atoms with Crippen molar-refractivity contribution in [3.63, 3.8) is 0 Å². The van der Waals surface area contributed by atoms with Gasteiger partial charge in [-0.1, -0.05) is 30.3 Å². The number of methoxy groups -OCH3 is 1. The summed E-state index contributed by atoms with van der Waals surface area (Å²) in [6, 6.07) is 18.9. The van der Waals surface area contributed by atoms with Crippen LogP contribution in [0.15, 0.2) is 59.0 Å². The zero-order valence-electron chi connectivity index (χ0n) is 17.3. The second-order valence-electron chi connectivity index (χ2n) is 7.94. The third kappa shape index (κ3) is 3.20. The standard InChI is InChI=1S/C25H26N2O3/c1-16-13-17(7-10-23(16)29-2)25-24-21(20-5-3-4-6-22(20)26-24)11-12-27(25)14-18-8-9-19(15-28)30-18/h3-10,13,25-26,28H,11-12,14-15H2,1-2H3/t25-/m0/s1. The summed E-state index contributed by atoms with van der Waals surface area (Å²) < 4.78 is 11.3. The number of H-pyrrole nitrogens is 1. The Kier molecular flexibility index (Phi) is 4.85. The number of hydrogen-bond donors (Lipinski definition) is 2. The van der Waals surface area contributed by atoms with E-state index < -0.39 is 0 Å². The Balaban J connectivity index is 1.60. The number of aromatic nitrogens is 1. The fraction of sp³-hybridized carbons (Fsp3) is 0.280. The highest BCUT2D eigenvalue weighted by Gasteiger charge is 2.32. The second kappa shape index (κ2) is 7.67. The van der Waals surface area contributed by atoms with Crippen LogP contribution in [0.2, 0.25) is 0 Å². The van der Waals surface area contributed by atoms with E-state index in [0.717, 1.165) is 30.0 Å². The summed E-state index contributed by atoms with van der Waals surface area (Å²) in [6.45, 7) is 3.62. The van der Waals surface area contributed by atoms with Crippen LogP contribution in [0.3, 0.4) is 0 Å². The molecule has 5 heteroatoms. The number of furan rings is 1. The molecule has 2 aromatic carbocycles. The van der Waals surface area contributed by atoms with Gasteiger partial charge in [-0.2, -0.15) is 0 Å². The summed E-state index contributed by atoms with van der Waals surface area (Å²) in [5.74, 6) is 2.37. The number of aliphatic hydroxyl groups is 1. The molecule has 0 aliphatic carbocycles. The van der Waals surface area contributed by atoms with Gasteiger partial charge in [0, 0.05) is 23.1 Å². The number of aliphatic hydroxyl groups excluding tert-OH is 1. The Hall–Kier alpha value is -3.02. The minimum Gasteiger partial charge on any atom is -0.496 e. The number of hydrogen-bond acceptors (Lipinski definition) is 4. The fourth-order valence-electron chi connectivity index (χ4n) is 4.70. The summed E-state index contributed by atoms with van der Waals surface area (Å²) in [6.07, 6.45) is 0.985. The Morgan fingerprint density at radius 3 is 2.73 bits per heavy atom. The molecule has 0 radical (unpaired) electrons. The molecular weight excluding hydrogens is 376 g/mol. The van der Waals surface area contributed by atoms with Crippen LogP contribution in [0.5, 0.6) is 5.75 Å². The van der Waals surface area contributed by atoms with Crippen LogP contribution in [-0.2, 0) is 19.6 Å². The summed E-state index contributed by atoms with van der Waals surface area (Å²) in [5, 5.41) is 10.7. The number of aryl methyl sites for hydroxylation is 1. The van der Waals surface area contributed by atoms with Gasteiger partial charge < -0.3 is 19.2 Å². The summed E-state index contributed by atoms with van der Waals surface area (Å²) >= 11 is 0. The van der Waals surface area contributed by atoms with Gasteiger partial charge in [-0.3, -0.25) is 4.90 Å². The molecule has 154 valence electrons. The molecule has 0 fully saturated rings. The highest BCUT2D eigenvalue weighted by molar-refractivity contribution is 5.85. The molecule has 5 nitrogen and oxygen atoms in total. The van der Waals surface area contributed by atoms with Gasteiger partial charge in [-0.25, -0.2) is 0 Å². The van der Waals surface area contributed by atoms with Crippen LogP contribution in [-0.4, -0.2) is 28.6 Å². The van der Waals surface area contributed by atoms with Gasteiger partial charge in [0.25, 0.3) is 0 Å². The quantitative estimate of drug-likeness (QED) is 0.507. The van der Waals surface area contributed by atoms with Gasteiger partial charge in [0.15, 0.2) is 0 Å². The zero-order valence-corrected chi connectivity index (χ0v) is 17.3. The highest BCUT2D eigenvalue weighted by Crippen LogP contribution is 2.40. The van der Waals surface area contributed by atoms with Crippen molar-refractivity contribution in [1.29, 1.82) is 0 Å². The Labute approximate surface area is 175 Å². The van der Waals surface area contributed by atoms with Gasteiger partial charge in [0.05, 0.1) is 19.7 Å². The van der Waals surface area contributed by atoms with Crippen molar-refractivity contribution in [1.82, 2.24) is 9.88 Å². The van der Waals surface area contributed by atoms with Gasteiger partial charge >= 0.3 is 0 Å². The van der Waals surface area contributed by atoms with E-state index in [1.165, 1.54) is 27.7 Å². The summed E-state index contributed by atoms with van der Waals surface area (Å²) in [7, 11) is 1.71. The number of rotatable bonds is 5. The molecule has 2 N–H and O–H groups in total. The first-order valence-corrected chi connectivity index (χ1v) is 10.3. The first-order chi connectivity index (χ1) is 14.7. The molecule has 0 saturated carbocycles. The molecule has 0 amide bonds. The summed E-state index contributed by atoms with van der Waals surface area (Å²) in [4.78, 5) is 6.14. The molecule has 0 spiro atoms. The van der Waals surface area contributed by atoms with Crippen LogP contribution in [0.1, 0.15) is 39.9 Å². The van der Waals surface area contributed by atoms with Crippen molar-refractivity contribution in [2.24, 2.45) is 0 Å². The predicted octanol–water partition coefficient (Wildman–Crippen LogP) is 4.72. The van der Waals surface area contributed by atoms with E-state index in [9.17, 15) is 5.11 Å². The van der Waals surface area contributed by atoms with Crippen LogP contribution in [0, 0.1) is 6.92 Å². The van der Waals surface area contributed by atoms with Crippen molar-refractivity contribution >= 4 is 10.9 Å². The summed E-state index contributed by atoms with van der Waals surface area (Å²) in [5.41, 5.74) is 6.19. The monoisotopic (exact) mass is 402 g/mol. The third-order valence-corrected chi connectivity index (χ3v) is 6.10. The average Bonchev–Trinajstić information content (AvgIpc) is 3.37. The van der Waals surface area contributed by atoms with E-state index in [1.807, 2.05) is 12.1 Å². The lowest BCUT2D eigenvalue weighted by molar-refractivity contribution is 0.179. The molecule has 0 saturated heterocycles. The molecule has 1 aliphatic rings. The van der Waals surface area contributed by atoms with E-state index in [-0.39, 0.29) is 12.6 Å². The normalized spacial score (nSPS) is 16.7. The van der Waals surface area contributed by atoms with E-state index in [4.69, 9.17) is 9.15 Å². The van der Waals surface area contributed by atoms with Gasteiger partial charge in [-0.15, -0.1) is 0 Å². The number of para-hydroxylation sites is 1. The molecule has 2 aromatic heterocycles. The second-order valence-corrected chi connectivity index (χ2v) is 7.94. The molecular formula is C25H26N2O3. The molecule has 0 unspecified atom stereocenters. The molecule has 4 aromatic rings. The average molecular weight is 402 g/mol. The number of fused-ring (bicyclic) bond motifs is 3. The Bertz CT molecular complexity index is 1190. The van der Waals surface area contributed by atoms with Crippen molar-refractivity contribution in [2.45, 2.75) is 32.5 Å². The molecule has 5 rings (SSSR count). The van der Waals surface area contributed by atoms with E-state index in [1.54, 1.807) is 7.11 Å². The van der Waals surface area contributed by atoms with Crippen LogP contribution in [0.4, 0.5) is 0 Å². The molecule has 1 aliphatic heterocycles. The topological polar surface area (TPSA) is 61.6 Å². The first kappa shape index (κ1) is 19.0. The highest BCUT2D eigenvalue weighted by atomic mass is 16.5. The first-order valence-electron chi connectivity index (χ1n) is 10.3. The van der Waals surface area contributed by atoms with Crippen molar-refractivity contribution in [2.75, 3.05) is 13.7 Å². The van der Waals surface area contributed by atoms with Gasteiger partial charge in [0.2, 0.25) is 0 Å². The third-order valence-electron chi connectivity index (χ3n) is 6.10. The van der Waals surface area contributed by atoms with E-state index in [2.05, 4.69) is 59.3 Å². The maximum Gasteiger partial charge on any atom is 0.129 e. The molecule has 1 atom stereocenters. The van der Waals surface area contributed by atoms with E-state index >= 15 is 0 Å². The largest absolute Gasteiger partial charge is 0.496 e. The lowest BCUT2D eigenvalue weighted by atomic mass is 9.91. The van der Waals surface area contributed by atoms with Crippen molar-refractivity contribution in [3.05, 3.63) is 88.5 Å².